The Hall–Kier alpha value is -0.780. The Morgan fingerprint density at radius 1 is 1.17 bits per heavy atom. The topological polar surface area (TPSA) is 49.3 Å². The number of aliphatic carboxylic acids is 1. The molecule has 1 aliphatic carbocycles. The normalized spacial score (nSPS) is 21.1. The number of hydrogen-bond donors (Lipinski definition) is 2. The Morgan fingerprint density at radius 3 is 2.11 bits per heavy atom. The summed E-state index contributed by atoms with van der Waals surface area (Å²) in [5.41, 5.74) is 0. The summed E-state index contributed by atoms with van der Waals surface area (Å²) in [7, 11) is 0. The van der Waals surface area contributed by atoms with Gasteiger partial charge in [-0.25, -0.2) is 0 Å². The van der Waals surface area contributed by atoms with Crippen molar-refractivity contribution in [2.24, 2.45) is 5.92 Å². The van der Waals surface area contributed by atoms with Crippen LogP contribution in [-0.4, -0.2) is 29.8 Å². The first kappa shape index (κ1) is 15.3. The molecule has 1 aliphatic rings. The maximum atomic E-state index is 12.4. The van der Waals surface area contributed by atoms with E-state index in [-0.39, 0.29) is 6.04 Å². The third kappa shape index (κ3) is 5.25. The molecule has 0 aliphatic heterocycles. The second kappa shape index (κ2) is 6.97. The molecular formula is C12H20F3NO2. The zero-order valence-electron chi connectivity index (χ0n) is 10.3. The van der Waals surface area contributed by atoms with Crippen molar-refractivity contribution in [2.75, 3.05) is 6.54 Å². The van der Waals surface area contributed by atoms with Crippen molar-refractivity contribution in [3.8, 4) is 0 Å². The minimum absolute atomic E-state index is 0.0227. The van der Waals surface area contributed by atoms with Crippen LogP contribution in [0, 0.1) is 5.92 Å². The van der Waals surface area contributed by atoms with Crippen LogP contribution in [0.5, 0.6) is 0 Å². The van der Waals surface area contributed by atoms with Gasteiger partial charge in [-0.2, -0.15) is 13.2 Å². The fourth-order valence-electron chi connectivity index (χ4n) is 2.29. The van der Waals surface area contributed by atoms with E-state index in [1.165, 1.54) is 6.42 Å². The molecule has 0 radical (unpaired) electrons. The third-order valence-electron chi connectivity index (χ3n) is 3.41. The van der Waals surface area contributed by atoms with E-state index >= 15 is 0 Å². The van der Waals surface area contributed by atoms with E-state index in [0.29, 0.717) is 0 Å². The molecule has 0 spiro atoms. The smallest absolute Gasteiger partial charge is 0.403 e. The molecule has 1 fully saturated rings. The molecule has 1 unspecified atom stereocenters. The van der Waals surface area contributed by atoms with Crippen LogP contribution >= 0.6 is 0 Å². The van der Waals surface area contributed by atoms with Crippen LogP contribution in [0.1, 0.15) is 44.9 Å². The molecular weight excluding hydrogens is 247 g/mol. The first-order chi connectivity index (χ1) is 8.41. The van der Waals surface area contributed by atoms with Gasteiger partial charge < -0.3 is 10.4 Å². The Balaban J connectivity index is 2.42. The molecule has 0 bridgehead atoms. The van der Waals surface area contributed by atoms with Crippen LogP contribution in [0.15, 0.2) is 0 Å². The number of halogens is 3. The lowest BCUT2D eigenvalue weighted by Crippen LogP contribution is -2.42. The average molecular weight is 267 g/mol. The highest BCUT2D eigenvalue weighted by atomic mass is 19.4. The molecule has 106 valence electrons. The molecule has 1 atom stereocenters. The first-order valence-corrected chi connectivity index (χ1v) is 6.44. The van der Waals surface area contributed by atoms with Crippen molar-refractivity contribution >= 4 is 5.97 Å². The number of alkyl halides is 3. The van der Waals surface area contributed by atoms with Gasteiger partial charge in [0.25, 0.3) is 0 Å². The second-order valence-corrected chi connectivity index (χ2v) is 4.88. The van der Waals surface area contributed by atoms with E-state index in [1.807, 2.05) is 0 Å². The van der Waals surface area contributed by atoms with Crippen molar-refractivity contribution in [1.82, 2.24) is 5.32 Å². The number of rotatable bonds is 4. The largest absolute Gasteiger partial charge is 0.481 e. The van der Waals surface area contributed by atoms with Gasteiger partial charge in [-0.15, -0.1) is 0 Å². The van der Waals surface area contributed by atoms with Crippen LogP contribution in [0.3, 0.4) is 0 Å². The summed E-state index contributed by atoms with van der Waals surface area (Å²) in [6.45, 7) is -0.524. The van der Waals surface area contributed by atoms with E-state index in [9.17, 15) is 18.0 Å². The Labute approximate surface area is 105 Å². The van der Waals surface area contributed by atoms with Crippen LogP contribution < -0.4 is 5.32 Å². The lowest BCUT2D eigenvalue weighted by Gasteiger charge is -2.24. The zero-order valence-corrected chi connectivity index (χ0v) is 10.3. The van der Waals surface area contributed by atoms with E-state index < -0.39 is 24.6 Å². The molecule has 6 heteroatoms. The van der Waals surface area contributed by atoms with Crippen molar-refractivity contribution in [2.45, 2.75) is 57.2 Å². The van der Waals surface area contributed by atoms with Crippen molar-refractivity contribution in [3.05, 3.63) is 0 Å². The van der Waals surface area contributed by atoms with E-state index in [2.05, 4.69) is 5.32 Å². The summed E-state index contributed by atoms with van der Waals surface area (Å²) < 4.78 is 37.3. The van der Waals surface area contributed by atoms with Gasteiger partial charge in [0.2, 0.25) is 0 Å². The molecule has 0 saturated heterocycles. The van der Waals surface area contributed by atoms with Gasteiger partial charge in [0.05, 0.1) is 0 Å². The summed E-state index contributed by atoms with van der Waals surface area (Å²) in [4.78, 5) is 10.6. The monoisotopic (exact) mass is 267 g/mol. The van der Waals surface area contributed by atoms with Gasteiger partial charge >= 0.3 is 12.1 Å². The standard InChI is InChI=1S/C12H20F3NO2/c13-12(14,15)10(11(17)18)8-16-9-6-4-2-1-3-5-7-9/h9-10,16H,1-8H2,(H,17,18). The highest BCUT2D eigenvalue weighted by molar-refractivity contribution is 5.71. The third-order valence-corrected chi connectivity index (χ3v) is 3.41. The fourth-order valence-corrected chi connectivity index (χ4v) is 2.29. The van der Waals surface area contributed by atoms with Gasteiger partial charge in [0.15, 0.2) is 5.92 Å². The number of nitrogens with one attached hydrogen (secondary N) is 1. The van der Waals surface area contributed by atoms with Crippen LogP contribution in [0.4, 0.5) is 13.2 Å². The molecule has 18 heavy (non-hydrogen) atoms. The second-order valence-electron chi connectivity index (χ2n) is 4.88. The Kier molecular flexibility index (Phi) is 5.91. The minimum Gasteiger partial charge on any atom is -0.481 e. The Bertz CT molecular complexity index is 261. The number of carboxylic acids is 1. The highest BCUT2D eigenvalue weighted by Crippen LogP contribution is 2.26. The molecule has 3 nitrogen and oxygen atoms in total. The summed E-state index contributed by atoms with van der Waals surface area (Å²) in [6, 6.07) is 0.0227. The van der Waals surface area contributed by atoms with E-state index in [4.69, 9.17) is 5.11 Å². The SMILES string of the molecule is O=C(O)C(CNC1CCCCCCC1)C(F)(F)F. The molecule has 2 N–H and O–H groups in total. The van der Waals surface area contributed by atoms with Gasteiger partial charge in [0.1, 0.15) is 0 Å². The van der Waals surface area contributed by atoms with Crippen LogP contribution in [0.2, 0.25) is 0 Å². The molecule has 0 aromatic rings. The maximum Gasteiger partial charge on any atom is 0.403 e. The van der Waals surface area contributed by atoms with E-state index in [1.54, 1.807) is 0 Å². The van der Waals surface area contributed by atoms with Gasteiger partial charge in [0, 0.05) is 12.6 Å². The highest BCUT2D eigenvalue weighted by Gasteiger charge is 2.44. The molecule has 0 heterocycles. The maximum absolute atomic E-state index is 12.4. The quantitative estimate of drug-likeness (QED) is 0.823. The molecule has 1 rings (SSSR count). The Morgan fingerprint density at radius 2 is 1.67 bits per heavy atom. The predicted octanol–water partition coefficient (Wildman–Crippen LogP) is 2.95. The van der Waals surface area contributed by atoms with Gasteiger partial charge in [-0.3, -0.25) is 4.79 Å². The molecule has 0 amide bonds. The van der Waals surface area contributed by atoms with Crippen molar-refractivity contribution < 1.29 is 23.1 Å². The van der Waals surface area contributed by atoms with Crippen molar-refractivity contribution in [1.29, 1.82) is 0 Å². The lowest BCUT2D eigenvalue weighted by atomic mass is 9.96. The van der Waals surface area contributed by atoms with Crippen LogP contribution in [0.25, 0.3) is 0 Å². The molecule has 0 aromatic heterocycles. The van der Waals surface area contributed by atoms with Gasteiger partial charge in [-0.1, -0.05) is 32.1 Å². The number of carboxylic acid groups (broad SMARTS) is 1. The summed E-state index contributed by atoms with van der Waals surface area (Å²) >= 11 is 0. The summed E-state index contributed by atoms with van der Waals surface area (Å²) in [6.07, 6.45) is 2.41. The lowest BCUT2D eigenvalue weighted by molar-refractivity contribution is -0.192. The average Bonchev–Trinajstić information content (AvgIpc) is 2.18. The molecule has 0 aromatic carbocycles. The number of hydrogen-bond acceptors (Lipinski definition) is 2. The van der Waals surface area contributed by atoms with Crippen molar-refractivity contribution in [3.63, 3.8) is 0 Å². The van der Waals surface area contributed by atoms with E-state index in [0.717, 1.165) is 38.5 Å². The summed E-state index contributed by atoms with van der Waals surface area (Å²) in [5.74, 6) is -4.11. The number of carbonyl (C=O) groups is 1. The fraction of sp³-hybridized carbons (Fsp3) is 0.917. The zero-order chi connectivity index (χ0) is 13.6. The van der Waals surface area contributed by atoms with Gasteiger partial charge in [-0.05, 0) is 12.8 Å². The first-order valence-electron chi connectivity index (χ1n) is 6.44. The van der Waals surface area contributed by atoms with Crippen LogP contribution in [-0.2, 0) is 4.79 Å². The molecule has 1 saturated carbocycles. The minimum atomic E-state index is -4.68. The summed E-state index contributed by atoms with van der Waals surface area (Å²) in [5, 5.41) is 11.4. The predicted molar refractivity (Wildman–Crippen MR) is 61.3 cm³/mol.